The quantitative estimate of drug-likeness (QED) is 0.796. The van der Waals surface area contributed by atoms with Crippen LogP contribution in [-0.4, -0.2) is 41.6 Å². The van der Waals surface area contributed by atoms with Crippen LogP contribution in [0, 0.1) is 0 Å². The van der Waals surface area contributed by atoms with E-state index in [1.165, 1.54) is 10.9 Å². The third kappa shape index (κ3) is 2.79. The van der Waals surface area contributed by atoms with Crippen molar-refractivity contribution in [2.45, 2.75) is 25.5 Å². The minimum atomic E-state index is -0.590. The Bertz CT molecular complexity index is 415. The van der Waals surface area contributed by atoms with Crippen LogP contribution < -0.4 is 11.1 Å². The molecule has 2 rings (SSSR count). The van der Waals surface area contributed by atoms with E-state index in [-0.39, 0.29) is 29.9 Å². The number of hydrogen-bond donors (Lipinski definition) is 2. The van der Waals surface area contributed by atoms with E-state index in [4.69, 9.17) is 10.5 Å². The number of nitrogens with two attached hydrogens (primary N) is 1. The number of nitrogens with one attached hydrogen (secondary N) is 1. The number of amides is 1. The topological polar surface area (TPSA) is 82.2 Å². The third-order valence-corrected chi connectivity index (χ3v) is 2.89. The zero-order chi connectivity index (χ0) is 13.0. The summed E-state index contributed by atoms with van der Waals surface area (Å²) in [6.45, 7) is 0.620. The van der Waals surface area contributed by atoms with Crippen LogP contribution in [0.5, 0.6) is 0 Å². The molecule has 0 aliphatic carbocycles. The van der Waals surface area contributed by atoms with Crippen molar-refractivity contribution in [3.05, 3.63) is 11.9 Å². The average molecular weight is 256 g/mol. The van der Waals surface area contributed by atoms with Crippen molar-refractivity contribution >= 4 is 11.6 Å². The smallest absolute Gasteiger partial charge is 0.271 e. The van der Waals surface area contributed by atoms with E-state index in [0.717, 1.165) is 19.4 Å². The van der Waals surface area contributed by atoms with E-state index < -0.39 is 6.67 Å². The minimum Gasteiger partial charge on any atom is -0.396 e. The number of aryl methyl sites for hydroxylation is 1. The summed E-state index contributed by atoms with van der Waals surface area (Å²) in [5.74, 6) is -0.339. The predicted molar refractivity (Wildman–Crippen MR) is 63.9 cm³/mol. The van der Waals surface area contributed by atoms with Crippen LogP contribution in [0.25, 0.3) is 0 Å². The van der Waals surface area contributed by atoms with Crippen LogP contribution in [0.4, 0.5) is 10.1 Å². The van der Waals surface area contributed by atoms with Crippen molar-refractivity contribution in [3.8, 4) is 0 Å². The van der Waals surface area contributed by atoms with Crippen LogP contribution in [0.3, 0.4) is 0 Å². The average Bonchev–Trinajstić information content (AvgIpc) is 2.97. The molecule has 1 unspecified atom stereocenters. The highest BCUT2D eigenvalue weighted by Crippen LogP contribution is 2.13. The summed E-state index contributed by atoms with van der Waals surface area (Å²) in [6, 6.07) is 0. The van der Waals surface area contributed by atoms with Gasteiger partial charge in [-0.2, -0.15) is 5.10 Å². The number of carbonyl (C=O) groups excluding carboxylic acids is 1. The number of carbonyl (C=O) groups is 1. The summed E-state index contributed by atoms with van der Waals surface area (Å²) < 4.78 is 19.0. The van der Waals surface area contributed by atoms with Gasteiger partial charge in [0.1, 0.15) is 12.4 Å². The largest absolute Gasteiger partial charge is 0.396 e. The van der Waals surface area contributed by atoms with Crippen LogP contribution in [0.1, 0.15) is 23.3 Å². The lowest BCUT2D eigenvalue weighted by Crippen LogP contribution is -2.33. The molecule has 0 spiro atoms. The summed E-state index contributed by atoms with van der Waals surface area (Å²) >= 11 is 0. The molecule has 1 atom stereocenters. The molecule has 0 aromatic carbocycles. The summed E-state index contributed by atoms with van der Waals surface area (Å²) in [6.07, 6.45) is 3.38. The van der Waals surface area contributed by atoms with Gasteiger partial charge in [0.05, 0.1) is 24.5 Å². The predicted octanol–water partition coefficient (Wildman–Crippen LogP) is 0.344. The lowest BCUT2D eigenvalue weighted by Gasteiger charge is -2.11. The van der Waals surface area contributed by atoms with Gasteiger partial charge in [0.2, 0.25) is 0 Å². The fourth-order valence-corrected chi connectivity index (χ4v) is 1.99. The molecule has 18 heavy (non-hydrogen) atoms. The number of halogens is 1. The van der Waals surface area contributed by atoms with Crippen molar-refractivity contribution in [1.82, 2.24) is 15.1 Å². The van der Waals surface area contributed by atoms with Crippen LogP contribution in [0.15, 0.2) is 6.20 Å². The van der Waals surface area contributed by atoms with Gasteiger partial charge in [-0.05, 0) is 12.8 Å². The Morgan fingerprint density at radius 2 is 2.56 bits per heavy atom. The molecule has 6 nitrogen and oxygen atoms in total. The molecular weight excluding hydrogens is 239 g/mol. The Morgan fingerprint density at radius 1 is 1.72 bits per heavy atom. The number of anilines is 1. The minimum absolute atomic E-state index is 0.0277. The molecule has 1 aromatic heterocycles. The first kappa shape index (κ1) is 12.8. The molecule has 1 fully saturated rings. The highest BCUT2D eigenvalue weighted by molar-refractivity contribution is 5.97. The first-order valence-electron chi connectivity index (χ1n) is 5.99. The van der Waals surface area contributed by atoms with E-state index in [2.05, 4.69) is 10.4 Å². The summed E-state index contributed by atoms with van der Waals surface area (Å²) in [5, 5.41) is 6.61. The van der Waals surface area contributed by atoms with Crippen LogP contribution in [-0.2, 0) is 11.3 Å². The summed E-state index contributed by atoms with van der Waals surface area (Å²) in [5.41, 5.74) is 6.13. The van der Waals surface area contributed by atoms with Crippen LogP contribution >= 0.6 is 0 Å². The molecule has 2 heterocycles. The number of hydrogen-bond acceptors (Lipinski definition) is 4. The second-order valence-electron chi connectivity index (χ2n) is 4.21. The van der Waals surface area contributed by atoms with Crippen molar-refractivity contribution in [1.29, 1.82) is 0 Å². The van der Waals surface area contributed by atoms with Gasteiger partial charge in [0, 0.05) is 13.2 Å². The Hall–Kier alpha value is -1.63. The van der Waals surface area contributed by atoms with Crippen molar-refractivity contribution in [2.24, 2.45) is 0 Å². The maximum absolute atomic E-state index is 12.3. The summed E-state index contributed by atoms with van der Waals surface area (Å²) in [4.78, 5) is 11.9. The SMILES string of the molecule is Nc1cnn(CCF)c1C(=O)NCC1CCCO1. The van der Waals surface area contributed by atoms with Gasteiger partial charge in [0.15, 0.2) is 0 Å². The molecular formula is C11H17FN4O2. The first-order valence-corrected chi connectivity index (χ1v) is 5.99. The maximum Gasteiger partial charge on any atom is 0.271 e. The van der Waals surface area contributed by atoms with E-state index in [1.807, 2.05) is 0 Å². The number of aromatic nitrogens is 2. The fourth-order valence-electron chi connectivity index (χ4n) is 1.99. The Morgan fingerprint density at radius 3 is 3.22 bits per heavy atom. The molecule has 3 N–H and O–H groups in total. The third-order valence-electron chi connectivity index (χ3n) is 2.89. The van der Waals surface area contributed by atoms with E-state index in [9.17, 15) is 9.18 Å². The lowest BCUT2D eigenvalue weighted by atomic mass is 10.2. The molecule has 1 aromatic rings. The molecule has 1 aliphatic heterocycles. The molecule has 100 valence electrons. The van der Waals surface area contributed by atoms with Crippen LogP contribution in [0.2, 0.25) is 0 Å². The molecule has 0 bridgehead atoms. The first-order chi connectivity index (χ1) is 8.72. The number of rotatable bonds is 5. The highest BCUT2D eigenvalue weighted by Gasteiger charge is 2.20. The molecule has 1 amide bonds. The lowest BCUT2D eigenvalue weighted by molar-refractivity contribution is 0.0849. The maximum atomic E-state index is 12.3. The monoisotopic (exact) mass is 256 g/mol. The fraction of sp³-hybridized carbons (Fsp3) is 0.636. The standard InChI is InChI=1S/C11H17FN4O2/c12-3-4-16-10(9(13)7-15-16)11(17)14-6-8-2-1-5-18-8/h7-8H,1-6,13H2,(H,14,17). The Labute approximate surface area is 104 Å². The number of alkyl halides is 1. The van der Waals surface area contributed by atoms with Crippen molar-refractivity contribution in [2.75, 3.05) is 25.6 Å². The van der Waals surface area contributed by atoms with Crippen molar-refractivity contribution in [3.63, 3.8) is 0 Å². The second kappa shape index (κ2) is 5.81. The number of ether oxygens (including phenoxy) is 1. The van der Waals surface area contributed by atoms with E-state index in [0.29, 0.717) is 6.54 Å². The molecule has 7 heteroatoms. The number of nitrogens with zero attached hydrogens (tertiary/aromatic N) is 2. The highest BCUT2D eigenvalue weighted by atomic mass is 19.1. The van der Waals surface area contributed by atoms with Gasteiger partial charge in [0.25, 0.3) is 5.91 Å². The van der Waals surface area contributed by atoms with Crippen molar-refractivity contribution < 1.29 is 13.9 Å². The molecule has 0 saturated carbocycles. The zero-order valence-corrected chi connectivity index (χ0v) is 10.1. The van der Waals surface area contributed by atoms with Gasteiger partial charge in [-0.3, -0.25) is 9.48 Å². The van der Waals surface area contributed by atoms with Gasteiger partial charge >= 0.3 is 0 Å². The van der Waals surface area contributed by atoms with E-state index >= 15 is 0 Å². The van der Waals surface area contributed by atoms with E-state index in [1.54, 1.807) is 0 Å². The van der Waals surface area contributed by atoms with Gasteiger partial charge in [-0.15, -0.1) is 0 Å². The van der Waals surface area contributed by atoms with Gasteiger partial charge in [-0.25, -0.2) is 4.39 Å². The molecule has 1 aliphatic rings. The molecule has 1 saturated heterocycles. The van der Waals surface area contributed by atoms with Gasteiger partial charge in [-0.1, -0.05) is 0 Å². The molecule has 0 radical (unpaired) electrons. The summed E-state index contributed by atoms with van der Waals surface area (Å²) in [7, 11) is 0. The Balaban J connectivity index is 1.96. The number of nitrogen functional groups attached to an aromatic ring is 1. The van der Waals surface area contributed by atoms with Gasteiger partial charge < -0.3 is 15.8 Å². The normalized spacial score (nSPS) is 19.1. The Kier molecular flexibility index (Phi) is 4.14. The zero-order valence-electron chi connectivity index (χ0n) is 10.1. The second-order valence-corrected chi connectivity index (χ2v) is 4.21.